The van der Waals surface area contributed by atoms with Gasteiger partial charge in [0.05, 0.1) is 25.4 Å². The normalized spacial score (nSPS) is 20.8. The first-order valence-electron chi connectivity index (χ1n) is 8.21. The summed E-state index contributed by atoms with van der Waals surface area (Å²) in [7, 11) is 0. The Balaban J connectivity index is 1.65. The lowest BCUT2D eigenvalue weighted by molar-refractivity contribution is -0.0457. The fraction of sp³-hybridized carbons (Fsp3) is 0.444. The first kappa shape index (κ1) is 16.7. The van der Waals surface area contributed by atoms with Gasteiger partial charge in [0.15, 0.2) is 0 Å². The highest BCUT2D eigenvalue weighted by Gasteiger charge is 2.28. The molecule has 1 aliphatic rings. The Morgan fingerprint density at radius 3 is 3.17 bits per heavy atom. The second kappa shape index (κ2) is 7.59. The first-order chi connectivity index (χ1) is 11.6. The van der Waals surface area contributed by atoms with E-state index < -0.39 is 0 Å². The maximum atomic E-state index is 12.5. The number of aromatic nitrogens is 2. The number of amides is 1. The molecule has 6 nitrogen and oxygen atoms in total. The van der Waals surface area contributed by atoms with Gasteiger partial charge < -0.3 is 19.2 Å². The van der Waals surface area contributed by atoms with Crippen LogP contribution in [-0.4, -0.2) is 47.3 Å². The van der Waals surface area contributed by atoms with Crippen LogP contribution in [0.1, 0.15) is 30.8 Å². The Morgan fingerprint density at radius 1 is 1.50 bits per heavy atom. The molecule has 128 valence electrons. The maximum absolute atomic E-state index is 12.5. The van der Waals surface area contributed by atoms with Crippen molar-refractivity contribution in [2.45, 2.75) is 32.4 Å². The lowest BCUT2D eigenvalue weighted by atomic mass is 10.1. The van der Waals surface area contributed by atoms with Crippen LogP contribution < -0.4 is 5.32 Å². The minimum atomic E-state index is -0.204. The SMILES string of the molecule is CC(C)=CCO[C@@H]1CCOC[C@@H]1NC(=O)c1cn2ccccc2n1. The summed E-state index contributed by atoms with van der Waals surface area (Å²) in [5.74, 6) is -0.204. The zero-order chi connectivity index (χ0) is 16.9. The summed E-state index contributed by atoms with van der Waals surface area (Å²) >= 11 is 0. The lowest BCUT2D eigenvalue weighted by Crippen LogP contribution is -2.50. The predicted octanol–water partition coefficient (Wildman–Crippen LogP) is 2.20. The highest BCUT2D eigenvalue weighted by molar-refractivity contribution is 5.93. The number of hydrogen-bond donors (Lipinski definition) is 1. The van der Waals surface area contributed by atoms with E-state index in [1.54, 1.807) is 6.20 Å². The average Bonchev–Trinajstić information content (AvgIpc) is 3.00. The average molecular weight is 329 g/mol. The number of ether oxygens (including phenoxy) is 2. The Morgan fingerprint density at radius 2 is 2.38 bits per heavy atom. The van der Waals surface area contributed by atoms with Gasteiger partial charge in [0, 0.05) is 19.0 Å². The molecule has 0 spiro atoms. The van der Waals surface area contributed by atoms with Gasteiger partial charge in [-0.2, -0.15) is 0 Å². The van der Waals surface area contributed by atoms with Gasteiger partial charge in [-0.3, -0.25) is 4.79 Å². The first-order valence-corrected chi connectivity index (χ1v) is 8.21. The molecule has 1 saturated heterocycles. The Kier molecular flexibility index (Phi) is 5.27. The molecule has 0 aromatic carbocycles. The molecular weight excluding hydrogens is 306 g/mol. The molecule has 2 aromatic rings. The number of allylic oxidation sites excluding steroid dienone is 1. The largest absolute Gasteiger partial charge is 0.379 e. The number of carbonyl (C=O) groups is 1. The van der Waals surface area contributed by atoms with E-state index >= 15 is 0 Å². The maximum Gasteiger partial charge on any atom is 0.271 e. The summed E-state index contributed by atoms with van der Waals surface area (Å²) in [6.07, 6.45) is 6.36. The number of nitrogens with zero attached hydrogens (tertiary/aromatic N) is 2. The van der Waals surface area contributed by atoms with Gasteiger partial charge in [0.2, 0.25) is 0 Å². The van der Waals surface area contributed by atoms with Crippen LogP contribution in [0, 0.1) is 0 Å². The molecular formula is C18H23N3O3. The summed E-state index contributed by atoms with van der Waals surface area (Å²) in [6.45, 7) is 5.73. The third kappa shape index (κ3) is 4.01. The second-order valence-corrected chi connectivity index (χ2v) is 6.19. The highest BCUT2D eigenvalue weighted by atomic mass is 16.5. The quantitative estimate of drug-likeness (QED) is 0.854. The van der Waals surface area contributed by atoms with E-state index in [0.29, 0.717) is 25.5 Å². The fourth-order valence-corrected chi connectivity index (χ4v) is 2.68. The number of pyridine rings is 1. The summed E-state index contributed by atoms with van der Waals surface area (Å²) in [5.41, 5.74) is 2.36. The van der Waals surface area contributed by atoms with Crippen LogP contribution in [0.2, 0.25) is 0 Å². The molecule has 0 saturated carbocycles. The summed E-state index contributed by atoms with van der Waals surface area (Å²) in [4.78, 5) is 16.8. The monoisotopic (exact) mass is 329 g/mol. The smallest absolute Gasteiger partial charge is 0.271 e. The van der Waals surface area contributed by atoms with Crippen molar-refractivity contribution in [1.82, 2.24) is 14.7 Å². The van der Waals surface area contributed by atoms with Gasteiger partial charge in [0.1, 0.15) is 11.3 Å². The van der Waals surface area contributed by atoms with Crippen LogP contribution in [0.25, 0.3) is 5.65 Å². The molecule has 3 heterocycles. The fourth-order valence-electron chi connectivity index (χ4n) is 2.68. The van der Waals surface area contributed by atoms with E-state index in [1.165, 1.54) is 5.57 Å². The van der Waals surface area contributed by atoms with E-state index in [9.17, 15) is 4.79 Å². The molecule has 6 heteroatoms. The number of carbonyl (C=O) groups excluding carboxylic acids is 1. The van der Waals surface area contributed by atoms with E-state index in [1.807, 2.05) is 48.7 Å². The lowest BCUT2D eigenvalue weighted by Gasteiger charge is -2.31. The van der Waals surface area contributed by atoms with Crippen molar-refractivity contribution in [2.24, 2.45) is 0 Å². The van der Waals surface area contributed by atoms with Crippen LogP contribution in [0.4, 0.5) is 0 Å². The Bertz CT molecular complexity index is 701. The van der Waals surface area contributed by atoms with E-state index in [2.05, 4.69) is 10.3 Å². The molecule has 1 amide bonds. The third-order valence-electron chi connectivity index (χ3n) is 4.01. The number of rotatable bonds is 5. The molecule has 1 aliphatic heterocycles. The van der Waals surface area contributed by atoms with Crippen molar-refractivity contribution >= 4 is 11.6 Å². The topological polar surface area (TPSA) is 64.9 Å². The van der Waals surface area contributed by atoms with Crippen LogP contribution in [0.5, 0.6) is 0 Å². The van der Waals surface area contributed by atoms with Crippen LogP contribution in [-0.2, 0) is 9.47 Å². The molecule has 0 aliphatic carbocycles. The minimum absolute atomic E-state index is 0.0460. The van der Waals surface area contributed by atoms with Gasteiger partial charge in [0.25, 0.3) is 5.91 Å². The molecule has 3 rings (SSSR count). The van der Waals surface area contributed by atoms with Crippen molar-refractivity contribution in [3.63, 3.8) is 0 Å². The van der Waals surface area contributed by atoms with Crippen molar-refractivity contribution in [1.29, 1.82) is 0 Å². The minimum Gasteiger partial charge on any atom is -0.379 e. The molecule has 1 fully saturated rings. The standard InChI is InChI=1S/C18H23N3O3/c1-13(2)6-10-24-16-7-9-23-12-15(16)20-18(22)14-11-21-8-4-3-5-17(21)19-14/h3-6,8,11,15-16H,7,9-10,12H2,1-2H3,(H,20,22)/t15-,16+/m0/s1. The molecule has 0 unspecified atom stereocenters. The van der Waals surface area contributed by atoms with E-state index in [-0.39, 0.29) is 18.1 Å². The number of imidazole rings is 1. The second-order valence-electron chi connectivity index (χ2n) is 6.19. The van der Waals surface area contributed by atoms with Gasteiger partial charge in [-0.15, -0.1) is 0 Å². The zero-order valence-corrected chi connectivity index (χ0v) is 14.1. The summed E-state index contributed by atoms with van der Waals surface area (Å²) < 4.78 is 13.2. The molecule has 0 radical (unpaired) electrons. The van der Waals surface area contributed by atoms with Gasteiger partial charge in [-0.25, -0.2) is 4.98 Å². The Labute approximate surface area is 141 Å². The van der Waals surface area contributed by atoms with Crippen molar-refractivity contribution in [3.8, 4) is 0 Å². The molecule has 0 bridgehead atoms. The number of fused-ring (bicyclic) bond motifs is 1. The zero-order valence-electron chi connectivity index (χ0n) is 14.1. The number of nitrogens with one attached hydrogen (secondary N) is 1. The van der Waals surface area contributed by atoms with Gasteiger partial charge in [-0.05, 0) is 32.4 Å². The van der Waals surface area contributed by atoms with E-state index in [4.69, 9.17) is 9.47 Å². The number of hydrogen-bond acceptors (Lipinski definition) is 4. The van der Waals surface area contributed by atoms with E-state index in [0.717, 1.165) is 12.1 Å². The predicted molar refractivity (Wildman–Crippen MR) is 91.1 cm³/mol. The summed E-state index contributed by atoms with van der Waals surface area (Å²) in [6, 6.07) is 5.50. The Hall–Kier alpha value is -2.18. The van der Waals surface area contributed by atoms with Gasteiger partial charge >= 0.3 is 0 Å². The molecule has 1 N–H and O–H groups in total. The molecule has 2 aromatic heterocycles. The van der Waals surface area contributed by atoms with Crippen LogP contribution >= 0.6 is 0 Å². The van der Waals surface area contributed by atoms with Crippen LogP contribution in [0.3, 0.4) is 0 Å². The third-order valence-corrected chi connectivity index (χ3v) is 4.01. The van der Waals surface area contributed by atoms with Crippen molar-refractivity contribution in [3.05, 3.63) is 47.9 Å². The van der Waals surface area contributed by atoms with Crippen molar-refractivity contribution < 1.29 is 14.3 Å². The summed E-state index contributed by atoms with van der Waals surface area (Å²) in [5, 5.41) is 3.00. The van der Waals surface area contributed by atoms with Crippen LogP contribution in [0.15, 0.2) is 42.2 Å². The highest BCUT2D eigenvalue weighted by Crippen LogP contribution is 2.13. The van der Waals surface area contributed by atoms with Crippen molar-refractivity contribution in [2.75, 3.05) is 19.8 Å². The molecule has 24 heavy (non-hydrogen) atoms. The van der Waals surface area contributed by atoms with Gasteiger partial charge in [-0.1, -0.05) is 17.7 Å². The molecule has 2 atom stereocenters.